The largest absolute Gasteiger partial charge is 0.369 e. The van der Waals surface area contributed by atoms with Crippen LogP contribution in [0.5, 0.6) is 0 Å². The van der Waals surface area contributed by atoms with Crippen LogP contribution in [0.15, 0.2) is 42.7 Å². The fourth-order valence-corrected chi connectivity index (χ4v) is 3.75. The lowest BCUT2D eigenvalue weighted by Gasteiger charge is -2.35. The first-order valence-corrected chi connectivity index (χ1v) is 10.3. The number of nitrogens with two attached hydrogens (primary N) is 2. The summed E-state index contributed by atoms with van der Waals surface area (Å²) in [5, 5.41) is 4.42. The van der Waals surface area contributed by atoms with Crippen molar-refractivity contribution >= 4 is 17.7 Å². The van der Waals surface area contributed by atoms with Gasteiger partial charge in [0.15, 0.2) is 5.82 Å². The average Bonchev–Trinajstić information content (AvgIpc) is 3.14. The van der Waals surface area contributed by atoms with Gasteiger partial charge in [0.05, 0.1) is 11.9 Å². The van der Waals surface area contributed by atoms with E-state index in [-0.39, 0.29) is 11.8 Å². The van der Waals surface area contributed by atoms with Crippen LogP contribution in [0.25, 0.3) is 11.9 Å². The Labute approximate surface area is 181 Å². The minimum Gasteiger partial charge on any atom is -0.369 e. The fourth-order valence-electron chi connectivity index (χ4n) is 3.75. The van der Waals surface area contributed by atoms with Crippen molar-refractivity contribution in [3.05, 3.63) is 65.4 Å². The molecule has 4 rings (SSSR count). The molecule has 0 spiro atoms. The maximum atomic E-state index is 13.8. The van der Waals surface area contributed by atoms with Crippen LogP contribution in [0.3, 0.4) is 0 Å². The van der Waals surface area contributed by atoms with Crippen molar-refractivity contribution in [3.8, 4) is 5.82 Å². The zero-order valence-corrected chi connectivity index (χ0v) is 17.6. The van der Waals surface area contributed by atoms with Crippen molar-refractivity contribution in [1.82, 2.24) is 24.6 Å². The van der Waals surface area contributed by atoms with E-state index in [1.54, 1.807) is 23.0 Å². The summed E-state index contributed by atoms with van der Waals surface area (Å²) in [7, 11) is 0. The second-order valence-corrected chi connectivity index (χ2v) is 7.58. The molecule has 0 amide bonds. The van der Waals surface area contributed by atoms with Gasteiger partial charge in [0.1, 0.15) is 5.82 Å². The molecule has 8 nitrogen and oxygen atoms in total. The molecule has 1 aliphatic rings. The van der Waals surface area contributed by atoms with Crippen molar-refractivity contribution in [3.63, 3.8) is 0 Å². The van der Waals surface area contributed by atoms with E-state index < -0.39 is 0 Å². The van der Waals surface area contributed by atoms with Gasteiger partial charge in [-0.1, -0.05) is 12.2 Å². The predicted molar refractivity (Wildman–Crippen MR) is 120 cm³/mol. The second kappa shape index (κ2) is 9.23. The number of piperazine rings is 1. The molecule has 0 unspecified atom stereocenters. The van der Waals surface area contributed by atoms with Gasteiger partial charge < -0.3 is 16.4 Å². The Balaban J connectivity index is 1.34. The lowest BCUT2D eigenvalue weighted by Crippen LogP contribution is -2.46. The normalized spacial score (nSPS) is 15.1. The van der Waals surface area contributed by atoms with Gasteiger partial charge in [0.25, 0.3) is 0 Å². The quantitative estimate of drug-likeness (QED) is 0.626. The zero-order chi connectivity index (χ0) is 21.8. The van der Waals surface area contributed by atoms with Crippen LogP contribution in [0.1, 0.15) is 16.8 Å². The third-order valence-corrected chi connectivity index (χ3v) is 5.50. The molecule has 3 aromatic rings. The number of benzene rings is 1. The van der Waals surface area contributed by atoms with Crippen LogP contribution < -0.4 is 16.4 Å². The highest BCUT2D eigenvalue weighted by Crippen LogP contribution is 2.20. The number of nitrogen functional groups attached to an aromatic ring is 1. The standard InChI is InChI=1S/C22H27FN8/c1-16-18(15-27-31(16)21-4-5-26-22(25)28-21)3-2-6-29-7-9-30(10-8-29)20-12-17(14-24)11-19(23)13-20/h2-5,11-13,15H,6-10,14,24H2,1H3,(H2,25,26,28)/b3-2+. The molecule has 162 valence electrons. The van der Waals surface area contributed by atoms with E-state index in [0.717, 1.165) is 55.2 Å². The van der Waals surface area contributed by atoms with Crippen molar-refractivity contribution in [2.45, 2.75) is 13.5 Å². The Hall–Kier alpha value is -3.30. The van der Waals surface area contributed by atoms with Gasteiger partial charge >= 0.3 is 0 Å². The molecule has 0 bridgehead atoms. The van der Waals surface area contributed by atoms with E-state index >= 15 is 0 Å². The average molecular weight is 423 g/mol. The van der Waals surface area contributed by atoms with Crippen LogP contribution in [0.4, 0.5) is 16.0 Å². The second-order valence-electron chi connectivity index (χ2n) is 7.58. The summed E-state index contributed by atoms with van der Waals surface area (Å²) in [4.78, 5) is 12.7. The first-order valence-electron chi connectivity index (χ1n) is 10.3. The van der Waals surface area contributed by atoms with E-state index in [4.69, 9.17) is 11.5 Å². The van der Waals surface area contributed by atoms with Crippen molar-refractivity contribution in [1.29, 1.82) is 0 Å². The molecule has 1 fully saturated rings. The number of hydrogen-bond acceptors (Lipinski definition) is 7. The summed E-state index contributed by atoms with van der Waals surface area (Å²) >= 11 is 0. The summed E-state index contributed by atoms with van der Waals surface area (Å²) in [6.07, 6.45) is 7.67. The van der Waals surface area contributed by atoms with E-state index in [1.807, 2.05) is 19.2 Å². The summed E-state index contributed by atoms with van der Waals surface area (Å²) in [5.74, 6) is 0.640. The number of rotatable bonds is 6. The van der Waals surface area contributed by atoms with Crippen LogP contribution in [0, 0.1) is 12.7 Å². The highest BCUT2D eigenvalue weighted by Gasteiger charge is 2.17. The summed E-state index contributed by atoms with van der Waals surface area (Å²) in [6.45, 7) is 6.72. The minimum absolute atomic E-state index is 0.223. The smallest absolute Gasteiger partial charge is 0.221 e. The minimum atomic E-state index is -0.233. The summed E-state index contributed by atoms with van der Waals surface area (Å²) in [5.41, 5.74) is 15.1. The number of nitrogens with zero attached hydrogens (tertiary/aromatic N) is 6. The fraction of sp³-hybridized carbons (Fsp3) is 0.318. The van der Waals surface area contributed by atoms with Crippen LogP contribution >= 0.6 is 0 Å². The maximum Gasteiger partial charge on any atom is 0.221 e. The number of halogens is 1. The third-order valence-electron chi connectivity index (χ3n) is 5.50. The third kappa shape index (κ3) is 4.89. The molecule has 3 heterocycles. The maximum absolute atomic E-state index is 13.8. The number of hydrogen-bond donors (Lipinski definition) is 2. The molecule has 2 aromatic heterocycles. The first kappa shape index (κ1) is 21.0. The highest BCUT2D eigenvalue weighted by molar-refractivity contribution is 5.52. The van der Waals surface area contributed by atoms with Gasteiger partial charge in [-0.05, 0) is 30.7 Å². The van der Waals surface area contributed by atoms with Crippen molar-refractivity contribution in [2.75, 3.05) is 43.4 Å². The zero-order valence-electron chi connectivity index (χ0n) is 17.6. The van der Waals surface area contributed by atoms with Gasteiger partial charge in [-0.15, -0.1) is 0 Å². The van der Waals surface area contributed by atoms with Crippen LogP contribution in [-0.2, 0) is 6.54 Å². The first-order chi connectivity index (χ1) is 15.0. The Morgan fingerprint density at radius 3 is 2.71 bits per heavy atom. The van der Waals surface area contributed by atoms with Crippen LogP contribution in [-0.4, -0.2) is 57.4 Å². The summed E-state index contributed by atoms with van der Waals surface area (Å²) in [6, 6.07) is 6.83. The molecule has 1 aromatic carbocycles. The van der Waals surface area contributed by atoms with E-state index in [9.17, 15) is 4.39 Å². The van der Waals surface area contributed by atoms with E-state index in [1.165, 1.54) is 6.07 Å². The van der Waals surface area contributed by atoms with Crippen LogP contribution in [0.2, 0.25) is 0 Å². The molecule has 0 radical (unpaired) electrons. The molecule has 1 saturated heterocycles. The van der Waals surface area contributed by atoms with Gasteiger partial charge in [-0.3, -0.25) is 4.90 Å². The Bertz CT molecular complexity index is 1070. The molecule has 1 aliphatic heterocycles. The molecule has 9 heteroatoms. The Morgan fingerprint density at radius 2 is 1.97 bits per heavy atom. The lowest BCUT2D eigenvalue weighted by molar-refractivity contribution is 0.284. The topological polar surface area (TPSA) is 102 Å². The van der Waals surface area contributed by atoms with Gasteiger partial charge in [0.2, 0.25) is 5.95 Å². The Kier molecular flexibility index (Phi) is 6.24. The van der Waals surface area contributed by atoms with Crippen molar-refractivity contribution < 1.29 is 4.39 Å². The summed E-state index contributed by atoms with van der Waals surface area (Å²) < 4.78 is 15.6. The SMILES string of the molecule is Cc1c(/C=C/CN2CCN(c3cc(F)cc(CN)c3)CC2)cnn1-c1ccnc(N)n1. The number of aromatic nitrogens is 4. The van der Waals surface area contributed by atoms with E-state index in [2.05, 4.69) is 37.0 Å². The highest BCUT2D eigenvalue weighted by atomic mass is 19.1. The van der Waals surface area contributed by atoms with Gasteiger partial charge in [0, 0.05) is 62.8 Å². The number of anilines is 2. The van der Waals surface area contributed by atoms with Gasteiger partial charge in [-0.2, -0.15) is 10.1 Å². The Morgan fingerprint density at radius 1 is 1.16 bits per heavy atom. The monoisotopic (exact) mass is 422 g/mol. The van der Waals surface area contributed by atoms with E-state index in [0.29, 0.717) is 12.4 Å². The molecule has 4 N–H and O–H groups in total. The van der Waals surface area contributed by atoms with Crippen molar-refractivity contribution in [2.24, 2.45) is 5.73 Å². The molecular formula is C22H27FN8. The van der Waals surface area contributed by atoms with Gasteiger partial charge in [-0.25, -0.2) is 14.1 Å². The predicted octanol–water partition coefficient (Wildman–Crippen LogP) is 1.99. The molecular weight excluding hydrogens is 395 g/mol. The lowest BCUT2D eigenvalue weighted by atomic mass is 10.1. The molecule has 0 saturated carbocycles. The molecule has 0 aliphatic carbocycles. The molecule has 0 atom stereocenters. The molecule has 31 heavy (non-hydrogen) atoms.